The number of nitrogens with zero attached hydrogens (tertiary/aromatic N) is 1. The standard InChI is InChI=1S/C19H32N2/c1-14-11-15(2)19(16(3)12-14)18(13-20)21(4)17-9-7-5-6-8-10-17/h11-12,17-18H,5-10,13,20H2,1-4H3. The Balaban J connectivity index is 2.26. The molecule has 0 heterocycles. The molecule has 1 fully saturated rings. The summed E-state index contributed by atoms with van der Waals surface area (Å²) in [7, 11) is 2.28. The molecule has 2 N–H and O–H groups in total. The second kappa shape index (κ2) is 7.42. The van der Waals surface area contributed by atoms with Crippen molar-refractivity contribution in [1.82, 2.24) is 4.90 Å². The maximum atomic E-state index is 6.19. The van der Waals surface area contributed by atoms with Gasteiger partial charge in [0.1, 0.15) is 0 Å². The van der Waals surface area contributed by atoms with Crippen LogP contribution in [0.5, 0.6) is 0 Å². The molecule has 1 unspecified atom stereocenters. The van der Waals surface area contributed by atoms with Crippen LogP contribution in [-0.2, 0) is 0 Å². The van der Waals surface area contributed by atoms with Crippen LogP contribution in [0.3, 0.4) is 0 Å². The molecule has 1 atom stereocenters. The third kappa shape index (κ3) is 3.87. The van der Waals surface area contributed by atoms with Crippen molar-refractivity contribution >= 4 is 0 Å². The molecule has 0 aromatic heterocycles. The fourth-order valence-electron chi connectivity index (χ4n) is 4.12. The van der Waals surface area contributed by atoms with E-state index < -0.39 is 0 Å². The second-order valence-electron chi connectivity index (χ2n) is 6.87. The summed E-state index contributed by atoms with van der Waals surface area (Å²) in [6.07, 6.45) is 8.21. The van der Waals surface area contributed by atoms with E-state index >= 15 is 0 Å². The Labute approximate surface area is 130 Å². The molecule has 2 rings (SSSR count). The molecule has 1 aromatic carbocycles. The van der Waals surface area contributed by atoms with Crippen LogP contribution in [0.2, 0.25) is 0 Å². The Hall–Kier alpha value is -0.860. The van der Waals surface area contributed by atoms with Crippen LogP contribution in [0.15, 0.2) is 12.1 Å². The minimum atomic E-state index is 0.355. The summed E-state index contributed by atoms with van der Waals surface area (Å²) < 4.78 is 0. The lowest BCUT2D eigenvalue weighted by Gasteiger charge is -2.36. The Morgan fingerprint density at radius 2 is 1.57 bits per heavy atom. The normalized spacial score (nSPS) is 18.8. The molecule has 0 aliphatic heterocycles. The second-order valence-corrected chi connectivity index (χ2v) is 6.87. The Morgan fingerprint density at radius 1 is 1.05 bits per heavy atom. The van der Waals surface area contributed by atoms with Crippen molar-refractivity contribution in [1.29, 1.82) is 0 Å². The molecule has 0 amide bonds. The lowest BCUT2D eigenvalue weighted by Crippen LogP contribution is -2.39. The van der Waals surface area contributed by atoms with E-state index in [-0.39, 0.29) is 0 Å². The molecular weight excluding hydrogens is 256 g/mol. The zero-order valence-electron chi connectivity index (χ0n) is 14.3. The fraction of sp³-hybridized carbons (Fsp3) is 0.684. The molecule has 0 spiro atoms. The van der Waals surface area contributed by atoms with Crippen LogP contribution < -0.4 is 5.73 Å². The zero-order valence-corrected chi connectivity index (χ0v) is 14.3. The first-order chi connectivity index (χ1) is 10.0. The predicted molar refractivity (Wildman–Crippen MR) is 91.7 cm³/mol. The van der Waals surface area contributed by atoms with Gasteiger partial charge in [-0.15, -0.1) is 0 Å². The predicted octanol–water partition coefficient (Wildman–Crippen LogP) is 4.27. The lowest BCUT2D eigenvalue weighted by molar-refractivity contribution is 0.160. The summed E-state index contributed by atoms with van der Waals surface area (Å²) >= 11 is 0. The van der Waals surface area contributed by atoms with Gasteiger partial charge in [0.2, 0.25) is 0 Å². The SMILES string of the molecule is Cc1cc(C)c(C(CN)N(C)C2CCCCCC2)c(C)c1. The van der Waals surface area contributed by atoms with Crippen molar-refractivity contribution in [3.05, 3.63) is 34.4 Å². The molecule has 2 nitrogen and oxygen atoms in total. The molecular formula is C19H32N2. The van der Waals surface area contributed by atoms with E-state index in [0.717, 1.165) is 0 Å². The molecule has 0 saturated heterocycles. The van der Waals surface area contributed by atoms with Crippen LogP contribution >= 0.6 is 0 Å². The van der Waals surface area contributed by atoms with Crippen LogP contribution in [0.4, 0.5) is 0 Å². The van der Waals surface area contributed by atoms with Gasteiger partial charge in [-0.1, -0.05) is 43.4 Å². The first-order valence-electron chi connectivity index (χ1n) is 8.54. The van der Waals surface area contributed by atoms with Gasteiger partial charge in [0, 0.05) is 18.6 Å². The molecule has 1 aromatic rings. The number of likely N-dealkylation sites (N-methyl/N-ethyl adjacent to an activating group) is 1. The number of nitrogens with two attached hydrogens (primary N) is 1. The van der Waals surface area contributed by atoms with Gasteiger partial charge in [-0.3, -0.25) is 4.90 Å². The van der Waals surface area contributed by atoms with Gasteiger partial charge in [0.15, 0.2) is 0 Å². The monoisotopic (exact) mass is 288 g/mol. The first kappa shape index (κ1) is 16.5. The van der Waals surface area contributed by atoms with Crippen molar-refractivity contribution in [2.75, 3.05) is 13.6 Å². The quantitative estimate of drug-likeness (QED) is 0.839. The Morgan fingerprint density at radius 3 is 2.05 bits per heavy atom. The average Bonchev–Trinajstić information content (AvgIpc) is 2.70. The van der Waals surface area contributed by atoms with Crippen molar-refractivity contribution in [2.24, 2.45) is 5.73 Å². The van der Waals surface area contributed by atoms with E-state index in [2.05, 4.69) is 44.9 Å². The largest absolute Gasteiger partial charge is 0.329 e. The molecule has 118 valence electrons. The van der Waals surface area contributed by atoms with E-state index in [1.165, 1.54) is 60.8 Å². The Bertz CT molecular complexity index is 436. The van der Waals surface area contributed by atoms with Gasteiger partial charge in [0.25, 0.3) is 0 Å². The Kier molecular flexibility index (Phi) is 5.83. The minimum Gasteiger partial charge on any atom is -0.329 e. The zero-order chi connectivity index (χ0) is 15.4. The molecule has 21 heavy (non-hydrogen) atoms. The summed E-state index contributed by atoms with van der Waals surface area (Å²) in [5.41, 5.74) is 11.8. The summed E-state index contributed by atoms with van der Waals surface area (Å²) in [6.45, 7) is 7.35. The number of hydrogen-bond acceptors (Lipinski definition) is 2. The van der Waals surface area contributed by atoms with Gasteiger partial charge in [-0.05, 0) is 57.4 Å². The summed E-state index contributed by atoms with van der Waals surface area (Å²) in [5, 5.41) is 0. The molecule has 0 bridgehead atoms. The fourth-order valence-corrected chi connectivity index (χ4v) is 4.12. The summed E-state index contributed by atoms with van der Waals surface area (Å²) in [6, 6.07) is 5.65. The van der Waals surface area contributed by atoms with E-state index in [0.29, 0.717) is 18.6 Å². The first-order valence-corrected chi connectivity index (χ1v) is 8.54. The number of aryl methyl sites for hydroxylation is 3. The lowest BCUT2D eigenvalue weighted by atomic mass is 9.92. The van der Waals surface area contributed by atoms with E-state index in [4.69, 9.17) is 5.73 Å². The summed E-state index contributed by atoms with van der Waals surface area (Å²) in [4.78, 5) is 2.57. The van der Waals surface area contributed by atoms with Crippen molar-refractivity contribution in [3.8, 4) is 0 Å². The molecule has 1 aliphatic carbocycles. The van der Waals surface area contributed by atoms with Gasteiger partial charge in [0.05, 0.1) is 0 Å². The highest BCUT2D eigenvalue weighted by molar-refractivity contribution is 5.40. The third-order valence-corrected chi connectivity index (χ3v) is 5.19. The topological polar surface area (TPSA) is 29.3 Å². The number of rotatable bonds is 4. The molecule has 2 heteroatoms. The van der Waals surface area contributed by atoms with E-state index in [1.807, 2.05) is 0 Å². The van der Waals surface area contributed by atoms with Crippen molar-refractivity contribution in [2.45, 2.75) is 71.4 Å². The van der Waals surface area contributed by atoms with E-state index in [1.54, 1.807) is 0 Å². The van der Waals surface area contributed by atoms with Crippen LogP contribution in [0.1, 0.15) is 66.8 Å². The highest BCUT2D eigenvalue weighted by Gasteiger charge is 2.26. The third-order valence-electron chi connectivity index (χ3n) is 5.19. The number of benzene rings is 1. The molecule has 1 saturated carbocycles. The maximum Gasteiger partial charge on any atom is 0.0475 e. The highest BCUT2D eigenvalue weighted by Crippen LogP contribution is 2.31. The minimum absolute atomic E-state index is 0.355. The smallest absolute Gasteiger partial charge is 0.0475 e. The van der Waals surface area contributed by atoms with E-state index in [9.17, 15) is 0 Å². The van der Waals surface area contributed by atoms with Crippen LogP contribution in [0, 0.1) is 20.8 Å². The van der Waals surface area contributed by atoms with Crippen molar-refractivity contribution < 1.29 is 0 Å². The van der Waals surface area contributed by atoms with Crippen LogP contribution in [-0.4, -0.2) is 24.5 Å². The van der Waals surface area contributed by atoms with Gasteiger partial charge in [-0.2, -0.15) is 0 Å². The summed E-state index contributed by atoms with van der Waals surface area (Å²) in [5.74, 6) is 0. The maximum absolute atomic E-state index is 6.19. The van der Waals surface area contributed by atoms with Crippen molar-refractivity contribution in [3.63, 3.8) is 0 Å². The molecule has 0 radical (unpaired) electrons. The highest BCUT2D eigenvalue weighted by atomic mass is 15.2. The van der Waals surface area contributed by atoms with Crippen LogP contribution in [0.25, 0.3) is 0 Å². The average molecular weight is 288 g/mol. The van der Waals surface area contributed by atoms with Gasteiger partial charge < -0.3 is 5.73 Å². The number of hydrogen-bond donors (Lipinski definition) is 1. The van der Waals surface area contributed by atoms with Gasteiger partial charge >= 0.3 is 0 Å². The van der Waals surface area contributed by atoms with Gasteiger partial charge in [-0.25, -0.2) is 0 Å². The molecule has 1 aliphatic rings.